The largest absolute Gasteiger partial charge is 0.573 e. The van der Waals surface area contributed by atoms with Crippen LogP contribution in [0.4, 0.5) is 26.3 Å². The molecule has 0 fully saturated rings. The van der Waals surface area contributed by atoms with E-state index in [1.54, 1.807) is 0 Å². The van der Waals surface area contributed by atoms with E-state index >= 15 is 0 Å². The van der Waals surface area contributed by atoms with Crippen LogP contribution in [0.5, 0.6) is 11.5 Å². The molecule has 0 amide bonds. The summed E-state index contributed by atoms with van der Waals surface area (Å²) in [6.07, 6.45) is -7.38. The van der Waals surface area contributed by atoms with Gasteiger partial charge in [-0.05, 0) is 47.0 Å². The first-order valence-electron chi connectivity index (χ1n) is 8.59. The first kappa shape index (κ1) is 23.7. The fourth-order valence-corrected chi connectivity index (χ4v) is 2.69. The van der Waals surface area contributed by atoms with E-state index in [9.17, 15) is 31.6 Å². The molecule has 0 spiro atoms. The minimum Gasteiger partial charge on any atom is -0.430 e. The second-order valence-electron chi connectivity index (χ2n) is 6.20. The summed E-state index contributed by atoms with van der Waals surface area (Å²) in [4.78, 5) is 0. The van der Waals surface area contributed by atoms with Crippen molar-refractivity contribution in [3.63, 3.8) is 0 Å². The van der Waals surface area contributed by atoms with Gasteiger partial charge in [-0.3, -0.25) is 0 Å². The van der Waals surface area contributed by atoms with E-state index in [-0.39, 0.29) is 28.0 Å². The molecule has 0 bridgehead atoms. The highest BCUT2D eigenvalue weighted by molar-refractivity contribution is 5.82. The molecule has 0 unspecified atom stereocenters. The van der Waals surface area contributed by atoms with Crippen LogP contribution in [0.25, 0.3) is 16.7 Å². The molecule has 0 aliphatic rings. The Bertz CT molecular complexity index is 1050. The SMILES string of the molecule is C=C/C(=C(/C#N)NC)c1cc(OC(F)(F)F)cc(-c2ccc(OC(C)(F)F)c(F)c2)c1. The fraction of sp³-hybridized carbons (Fsp3) is 0.190. The van der Waals surface area contributed by atoms with Crippen molar-refractivity contribution in [2.75, 3.05) is 7.05 Å². The second kappa shape index (κ2) is 9.04. The number of allylic oxidation sites excluding steroid dienone is 3. The van der Waals surface area contributed by atoms with Crippen LogP contribution in [0.2, 0.25) is 0 Å². The molecule has 164 valence electrons. The average molecular weight is 442 g/mol. The molecule has 0 aromatic heterocycles. The maximum atomic E-state index is 14.3. The smallest absolute Gasteiger partial charge is 0.430 e. The maximum Gasteiger partial charge on any atom is 0.573 e. The van der Waals surface area contributed by atoms with E-state index in [1.807, 2.05) is 6.07 Å². The molecule has 4 nitrogen and oxygen atoms in total. The van der Waals surface area contributed by atoms with Crippen molar-refractivity contribution in [3.05, 3.63) is 66.1 Å². The maximum absolute atomic E-state index is 14.3. The van der Waals surface area contributed by atoms with Crippen LogP contribution in [0.15, 0.2) is 54.8 Å². The van der Waals surface area contributed by atoms with E-state index in [0.29, 0.717) is 6.92 Å². The Hall–Kier alpha value is -3.61. The number of hydrogen-bond acceptors (Lipinski definition) is 4. The normalized spacial score (nSPS) is 12.5. The molecular weight excluding hydrogens is 426 g/mol. The van der Waals surface area contributed by atoms with Crippen LogP contribution in [-0.2, 0) is 0 Å². The molecule has 0 aliphatic carbocycles. The van der Waals surface area contributed by atoms with Gasteiger partial charge in [0, 0.05) is 19.5 Å². The van der Waals surface area contributed by atoms with Crippen molar-refractivity contribution in [2.24, 2.45) is 0 Å². The lowest BCUT2D eigenvalue weighted by molar-refractivity contribution is -0.274. The highest BCUT2D eigenvalue weighted by Gasteiger charge is 2.31. The monoisotopic (exact) mass is 442 g/mol. The molecule has 0 aliphatic heterocycles. The number of hydrogen-bond donors (Lipinski definition) is 1. The Morgan fingerprint density at radius 1 is 1.06 bits per heavy atom. The Balaban J connectivity index is 2.66. The van der Waals surface area contributed by atoms with Gasteiger partial charge in [0.25, 0.3) is 0 Å². The zero-order valence-corrected chi connectivity index (χ0v) is 16.3. The van der Waals surface area contributed by atoms with Crippen LogP contribution in [0.3, 0.4) is 0 Å². The number of benzene rings is 2. The predicted octanol–water partition coefficient (Wildman–Crippen LogP) is 6.02. The van der Waals surface area contributed by atoms with Gasteiger partial charge in [0.1, 0.15) is 17.5 Å². The van der Waals surface area contributed by atoms with Gasteiger partial charge in [-0.2, -0.15) is 14.0 Å². The van der Waals surface area contributed by atoms with Gasteiger partial charge in [-0.15, -0.1) is 13.2 Å². The van der Waals surface area contributed by atoms with E-state index in [2.05, 4.69) is 21.4 Å². The Labute approximate surface area is 174 Å². The Morgan fingerprint density at radius 2 is 1.74 bits per heavy atom. The van der Waals surface area contributed by atoms with Gasteiger partial charge in [0.15, 0.2) is 11.6 Å². The molecule has 2 aromatic rings. The summed E-state index contributed by atoms with van der Waals surface area (Å²) < 4.78 is 86.8. The number of nitrogens with zero attached hydrogens (tertiary/aromatic N) is 1. The summed E-state index contributed by atoms with van der Waals surface area (Å²) in [5, 5.41) is 11.8. The van der Waals surface area contributed by atoms with Gasteiger partial charge in [0.05, 0.1) is 0 Å². The molecule has 2 aromatic carbocycles. The number of nitrogens with one attached hydrogen (secondary N) is 1. The van der Waals surface area contributed by atoms with E-state index in [0.717, 1.165) is 24.3 Å². The lowest BCUT2D eigenvalue weighted by Crippen LogP contribution is -2.19. The van der Waals surface area contributed by atoms with Crippen molar-refractivity contribution in [3.8, 4) is 28.7 Å². The first-order chi connectivity index (χ1) is 14.4. The third-order valence-corrected chi connectivity index (χ3v) is 3.84. The number of nitriles is 1. The van der Waals surface area contributed by atoms with Crippen LogP contribution >= 0.6 is 0 Å². The fourth-order valence-electron chi connectivity index (χ4n) is 2.69. The van der Waals surface area contributed by atoms with Gasteiger partial charge >= 0.3 is 12.5 Å². The van der Waals surface area contributed by atoms with Crippen LogP contribution in [0.1, 0.15) is 12.5 Å². The summed E-state index contributed by atoms with van der Waals surface area (Å²) >= 11 is 0. The van der Waals surface area contributed by atoms with Crippen molar-refractivity contribution < 1.29 is 35.8 Å². The lowest BCUT2D eigenvalue weighted by Gasteiger charge is -2.16. The van der Waals surface area contributed by atoms with Crippen molar-refractivity contribution >= 4 is 5.57 Å². The van der Waals surface area contributed by atoms with E-state index in [1.165, 1.54) is 25.3 Å². The summed E-state index contributed by atoms with van der Waals surface area (Å²) in [5.41, 5.74) is 0.441. The topological polar surface area (TPSA) is 54.3 Å². The molecular formula is C21H16F6N2O2. The zero-order valence-electron chi connectivity index (χ0n) is 16.3. The third-order valence-electron chi connectivity index (χ3n) is 3.84. The lowest BCUT2D eigenvalue weighted by atomic mass is 9.97. The minimum absolute atomic E-state index is 0.0187. The van der Waals surface area contributed by atoms with Gasteiger partial charge in [-0.1, -0.05) is 18.7 Å². The molecule has 2 rings (SSSR count). The summed E-state index contributed by atoms with van der Waals surface area (Å²) in [6.45, 7) is 3.99. The standard InChI is InChI=1S/C21H16F6N2O2/c1-4-16(18(11-28)29-3)14-7-13(8-15(9-14)30-21(25,26)27)12-5-6-19(17(22)10-12)31-20(2,23)24/h4-10,29H,1H2,2-3H3/b18-16+. The van der Waals surface area contributed by atoms with Crippen LogP contribution in [0, 0.1) is 17.1 Å². The Morgan fingerprint density at radius 3 is 2.23 bits per heavy atom. The molecule has 1 N–H and O–H groups in total. The number of halogens is 6. The van der Waals surface area contributed by atoms with Crippen LogP contribution in [-0.4, -0.2) is 19.5 Å². The molecule has 31 heavy (non-hydrogen) atoms. The zero-order chi connectivity index (χ0) is 23.4. The number of alkyl halides is 5. The Kier molecular flexibility index (Phi) is 6.90. The first-order valence-corrected chi connectivity index (χ1v) is 8.59. The number of ether oxygens (including phenoxy) is 2. The minimum atomic E-state index is -5.01. The van der Waals surface area contributed by atoms with Crippen LogP contribution < -0.4 is 14.8 Å². The van der Waals surface area contributed by atoms with Gasteiger partial charge < -0.3 is 14.8 Å². The molecule has 0 heterocycles. The van der Waals surface area contributed by atoms with E-state index in [4.69, 9.17) is 0 Å². The number of rotatable bonds is 7. The molecule has 0 radical (unpaired) electrons. The molecule has 0 atom stereocenters. The predicted molar refractivity (Wildman–Crippen MR) is 102 cm³/mol. The molecule has 0 saturated carbocycles. The third kappa shape index (κ3) is 6.44. The summed E-state index contributed by atoms with van der Waals surface area (Å²) in [5.74, 6) is -2.50. The van der Waals surface area contributed by atoms with E-state index < -0.39 is 29.8 Å². The average Bonchev–Trinajstić information content (AvgIpc) is 2.64. The molecule has 10 heteroatoms. The van der Waals surface area contributed by atoms with Crippen molar-refractivity contribution in [2.45, 2.75) is 19.4 Å². The highest BCUT2D eigenvalue weighted by atomic mass is 19.4. The van der Waals surface area contributed by atoms with Crippen molar-refractivity contribution in [1.29, 1.82) is 5.26 Å². The molecule has 0 saturated heterocycles. The van der Waals surface area contributed by atoms with Gasteiger partial charge in [-0.25, -0.2) is 4.39 Å². The quantitative estimate of drug-likeness (QED) is 0.324. The summed E-state index contributed by atoms with van der Waals surface area (Å²) in [7, 11) is 1.44. The highest BCUT2D eigenvalue weighted by Crippen LogP contribution is 2.35. The summed E-state index contributed by atoms with van der Waals surface area (Å²) in [6, 6.07) is 8.21. The van der Waals surface area contributed by atoms with Crippen molar-refractivity contribution in [1.82, 2.24) is 5.32 Å². The van der Waals surface area contributed by atoms with Gasteiger partial charge in [0.2, 0.25) is 0 Å². The second-order valence-corrected chi connectivity index (χ2v) is 6.20.